The lowest BCUT2D eigenvalue weighted by atomic mass is 10.2. The van der Waals surface area contributed by atoms with Crippen LogP contribution < -0.4 is 5.73 Å². The van der Waals surface area contributed by atoms with Crippen LogP contribution in [0.4, 0.5) is 5.82 Å². The topological polar surface area (TPSA) is 92.3 Å². The number of nitrogen functional groups attached to an aromatic ring is 1. The zero-order chi connectivity index (χ0) is 19.1. The number of anilines is 1. The van der Waals surface area contributed by atoms with E-state index in [1.165, 1.54) is 0 Å². The molecule has 0 bridgehead atoms. The molecule has 1 atom stereocenters. The number of carbonyl (C=O) groups excluding carboxylic acids is 1. The van der Waals surface area contributed by atoms with Crippen molar-refractivity contribution in [3.63, 3.8) is 0 Å². The van der Waals surface area contributed by atoms with Gasteiger partial charge in [-0.3, -0.25) is 0 Å². The molecule has 0 amide bonds. The normalized spacial score (nSPS) is 20.4. The summed E-state index contributed by atoms with van der Waals surface area (Å²) in [5.41, 5.74) is 9.57. The van der Waals surface area contributed by atoms with Crippen LogP contribution in [0, 0.1) is 0 Å². The van der Waals surface area contributed by atoms with Crippen molar-refractivity contribution in [2.24, 2.45) is 0 Å². The first-order valence-corrected chi connectivity index (χ1v) is 10.1. The number of aromatic nitrogens is 3. The maximum absolute atomic E-state index is 13.0. The van der Waals surface area contributed by atoms with Gasteiger partial charge in [-0.25, -0.2) is 14.8 Å². The second-order valence-electron chi connectivity index (χ2n) is 7.69. The Balaban J connectivity index is 1.60. The molecule has 0 spiro atoms. The molecule has 1 saturated carbocycles. The summed E-state index contributed by atoms with van der Waals surface area (Å²) in [6.45, 7) is 0.970. The van der Waals surface area contributed by atoms with Crippen LogP contribution in [0.15, 0.2) is 24.3 Å². The van der Waals surface area contributed by atoms with Gasteiger partial charge < -0.3 is 19.8 Å². The van der Waals surface area contributed by atoms with Crippen LogP contribution in [0.3, 0.4) is 0 Å². The van der Waals surface area contributed by atoms with E-state index in [-0.39, 0.29) is 18.8 Å². The van der Waals surface area contributed by atoms with Gasteiger partial charge in [-0.05, 0) is 37.8 Å². The molecule has 5 rings (SSSR count). The van der Waals surface area contributed by atoms with Crippen molar-refractivity contribution in [3.05, 3.63) is 29.8 Å². The van der Waals surface area contributed by atoms with Gasteiger partial charge in [-0.1, -0.05) is 25.0 Å². The third kappa shape index (κ3) is 2.90. The monoisotopic (exact) mass is 380 g/mol. The molecule has 2 fully saturated rings. The SMILES string of the molecule is Nc1c(C(=O)OC[C@H]2CCCO2)c2nc3ccccc3nc2n1C1CCCC1. The molecule has 28 heavy (non-hydrogen) atoms. The van der Waals surface area contributed by atoms with Crippen molar-refractivity contribution in [1.82, 2.24) is 14.5 Å². The maximum Gasteiger partial charge on any atom is 0.344 e. The molecule has 1 aliphatic carbocycles. The molecule has 7 heteroatoms. The van der Waals surface area contributed by atoms with Crippen molar-refractivity contribution in [2.75, 3.05) is 18.9 Å². The highest BCUT2D eigenvalue weighted by Gasteiger charge is 2.30. The Labute approximate surface area is 162 Å². The second kappa shape index (κ2) is 7.05. The van der Waals surface area contributed by atoms with Crippen molar-refractivity contribution in [1.29, 1.82) is 0 Å². The highest BCUT2D eigenvalue weighted by atomic mass is 16.6. The fourth-order valence-corrected chi connectivity index (χ4v) is 4.43. The predicted octanol–water partition coefficient (Wildman–Crippen LogP) is 3.62. The van der Waals surface area contributed by atoms with Gasteiger partial charge >= 0.3 is 5.97 Å². The van der Waals surface area contributed by atoms with Crippen LogP contribution in [-0.2, 0) is 9.47 Å². The summed E-state index contributed by atoms with van der Waals surface area (Å²) in [5.74, 6) is -0.0334. The van der Waals surface area contributed by atoms with Gasteiger partial charge in [0.2, 0.25) is 0 Å². The Kier molecular flexibility index (Phi) is 4.39. The van der Waals surface area contributed by atoms with Crippen LogP contribution in [-0.4, -0.2) is 39.8 Å². The summed E-state index contributed by atoms with van der Waals surface area (Å²) >= 11 is 0. The number of rotatable bonds is 4. The van der Waals surface area contributed by atoms with E-state index in [2.05, 4.69) is 0 Å². The number of hydrogen-bond acceptors (Lipinski definition) is 6. The molecule has 1 aromatic carbocycles. The fraction of sp³-hybridized carbons (Fsp3) is 0.476. The van der Waals surface area contributed by atoms with Gasteiger partial charge in [0.25, 0.3) is 0 Å². The lowest BCUT2D eigenvalue weighted by molar-refractivity contribution is 0.0163. The van der Waals surface area contributed by atoms with Crippen molar-refractivity contribution < 1.29 is 14.3 Å². The first kappa shape index (κ1) is 17.4. The molecule has 0 radical (unpaired) electrons. The van der Waals surface area contributed by atoms with Gasteiger partial charge in [0, 0.05) is 12.6 Å². The zero-order valence-corrected chi connectivity index (χ0v) is 15.8. The average molecular weight is 380 g/mol. The Morgan fingerprint density at radius 1 is 1.14 bits per heavy atom. The van der Waals surface area contributed by atoms with E-state index in [1.54, 1.807) is 0 Å². The lowest BCUT2D eigenvalue weighted by Gasteiger charge is -2.15. The minimum absolute atomic E-state index is 0.0275. The summed E-state index contributed by atoms with van der Waals surface area (Å²) in [6.07, 6.45) is 6.27. The quantitative estimate of drug-likeness (QED) is 0.695. The van der Waals surface area contributed by atoms with Crippen LogP contribution in [0.5, 0.6) is 0 Å². The number of esters is 1. The number of fused-ring (bicyclic) bond motifs is 2. The van der Waals surface area contributed by atoms with E-state index in [0.717, 1.165) is 56.2 Å². The number of para-hydroxylation sites is 2. The molecular formula is C21H24N4O3. The highest BCUT2D eigenvalue weighted by Crippen LogP contribution is 2.38. The molecule has 1 aliphatic heterocycles. The Bertz CT molecular complexity index is 1030. The van der Waals surface area contributed by atoms with Gasteiger partial charge in [-0.2, -0.15) is 0 Å². The van der Waals surface area contributed by atoms with Crippen molar-refractivity contribution in [3.8, 4) is 0 Å². The fourth-order valence-electron chi connectivity index (χ4n) is 4.43. The summed E-state index contributed by atoms with van der Waals surface area (Å²) < 4.78 is 13.1. The molecule has 3 aromatic rings. The van der Waals surface area contributed by atoms with Crippen molar-refractivity contribution in [2.45, 2.75) is 50.7 Å². The molecule has 1 saturated heterocycles. The number of nitrogens with two attached hydrogens (primary N) is 1. The smallest absolute Gasteiger partial charge is 0.344 e. The Morgan fingerprint density at radius 3 is 2.61 bits per heavy atom. The van der Waals surface area contributed by atoms with E-state index in [1.807, 2.05) is 28.8 Å². The third-order valence-electron chi connectivity index (χ3n) is 5.85. The minimum Gasteiger partial charge on any atom is -0.459 e. The molecule has 2 N–H and O–H groups in total. The summed E-state index contributed by atoms with van der Waals surface area (Å²) in [5, 5.41) is 0. The van der Waals surface area contributed by atoms with Crippen LogP contribution in [0.25, 0.3) is 22.2 Å². The van der Waals surface area contributed by atoms with E-state index in [9.17, 15) is 4.79 Å². The second-order valence-corrected chi connectivity index (χ2v) is 7.69. The first-order valence-electron chi connectivity index (χ1n) is 10.1. The van der Waals surface area contributed by atoms with E-state index in [4.69, 9.17) is 25.2 Å². The highest BCUT2D eigenvalue weighted by molar-refractivity contribution is 6.08. The van der Waals surface area contributed by atoms with Crippen LogP contribution in [0.1, 0.15) is 54.9 Å². The minimum atomic E-state index is -0.445. The number of ether oxygens (including phenoxy) is 2. The van der Waals surface area contributed by atoms with E-state index in [0.29, 0.717) is 22.5 Å². The van der Waals surface area contributed by atoms with Gasteiger partial charge in [0.15, 0.2) is 5.65 Å². The van der Waals surface area contributed by atoms with Gasteiger partial charge in [0.1, 0.15) is 23.5 Å². The number of carbonyl (C=O) groups is 1. The van der Waals surface area contributed by atoms with Gasteiger partial charge in [-0.15, -0.1) is 0 Å². The predicted molar refractivity (Wildman–Crippen MR) is 106 cm³/mol. The molecule has 2 aromatic heterocycles. The van der Waals surface area contributed by atoms with Gasteiger partial charge in [0.05, 0.1) is 17.1 Å². The average Bonchev–Trinajstić information content (AvgIpc) is 3.44. The van der Waals surface area contributed by atoms with Crippen molar-refractivity contribution >= 4 is 34.0 Å². The molecule has 3 heterocycles. The largest absolute Gasteiger partial charge is 0.459 e. The summed E-state index contributed by atoms with van der Waals surface area (Å²) in [6, 6.07) is 7.92. The molecule has 0 unspecified atom stereocenters. The number of nitrogens with zero attached hydrogens (tertiary/aromatic N) is 3. The summed E-state index contributed by atoms with van der Waals surface area (Å²) in [4.78, 5) is 22.5. The van der Waals surface area contributed by atoms with Crippen LogP contribution >= 0.6 is 0 Å². The number of benzene rings is 1. The lowest BCUT2D eigenvalue weighted by Crippen LogP contribution is -2.19. The molecule has 146 valence electrons. The Morgan fingerprint density at radius 2 is 1.89 bits per heavy atom. The van der Waals surface area contributed by atoms with Crippen LogP contribution in [0.2, 0.25) is 0 Å². The molecular weight excluding hydrogens is 356 g/mol. The zero-order valence-electron chi connectivity index (χ0n) is 15.8. The third-order valence-corrected chi connectivity index (χ3v) is 5.85. The first-order chi connectivity index (χ1) is 13.7. The number of hydrogen-bond donors (Lipinski definition) is 1. The van der Waals surface area contributed by atoms with E-state index < -0.39 is 5.97 Å². The molecule has 7 nitrogen and oxygen atoms in total. The standard InChI is InChI=1S/C21H24N4O3/c22-19-17(21(26)28-12-14-8-5-11-27-14)18-20(25(19)13-6-1-2-7-13)24-16-10-4-3-9-15(16)23-18/h3-4,9-10,13-14H,1-2,5-8,11-12,22H2/t14-/m1/s1. The molecule has 2 aliphatic rings. The summed E-state index contributed by atoms with van der Waals surface area (Å²) in [7, 11) is 0. The Hall–Kier alpha value is -2.67. The maximum atomic E-state index is 13.0. The van der Waals surface area contributed by atoms with E-state index >= 15 is 0 Å².